The van der Waals surface area contributed by atoms with Gasteiger partial charge in [0.15, 0.2) is 11.5 Å². The number of carbonyl (C=O) groups is 1. The van der Waals surface area contributed by atoms with E-state index in [4.69, 9.17) is 22.3 Å². The number of likely N-dealkylation sites (tertiary alicyclic amines) is 1. The monoisotopic (exact) mass is 500 g/mol. The number of nitrogens with zero attached hydrogens (tertiary/aromatic N) is 3. The maximum Gasteiger partial charge on any atom is 0.261 e. The van der Waals surface area contributed by atoms with Crippen molar-refractivity contribution in [3.05, 3.63) is 58.6 Å². The number of guanidine groups is 1. The highest BCUT2D eigenvalue weighted by atomic mass is 35.5. The Balaban J connectivity index is 1.48. The number of aliphatic imine (C=N–C) groups is 1. The summed E-state index contributed by atoms with van der Waals surface area (Å²) in [5.41, 5.74) is 9.21. The molecule has 1 saturated heterocycles. The first-order chi connectivity index (χ1) is 16.8. The van der Waals surface area contributed by atoms with Gasteiger partial charge in [0.05, 0.1) is 6.54 Å². The number of hydrogen-bond donors (Lipinski definition) is 1. The predicted molar refractivity (Wildman–Crippen MR) is 135 cm³/mol. The zero-order valence-electron chi connectivity index (χ0n) is 19.9. The van der Waals surface area contributed by atoms with E-state index in [-0.39, 0.29) is 24.3 Å². The lowest BCUT2D eigenvalue weighted by molar-refractivity contribution is -0.133. The van der Waals surface area contributed by atoms with Crippen LogP contribution in [0.5, 0.6) is 0 Å². The molecule has 1 aliphatic carbocycles. The third kappa shape index (κ3) is 4.45. The first-order valence-electron chi connectivity index (χ1n) is 12.3. The number of rotatable bonds is 5. The van der Waals surface area contributed by atoms with Crippen LogP contribution in [0, 0.1) is 11.8 Å². The van der Waals surface area contributed by atoms with Crippen LogP contribution in [-0.2, 0) is 16.8 Å². The molecule has 186 valence electrons. The van der Waals surface area contributed by atoms with Gasteiger partial charge in [-0.1, -0.05) is 35.9 Å². The minimum absolute atomic E-state index is 0.00672. The fourth-order valence-corrected chi connectivity index (χ4v) is 6.34. The largest absolute Gasteiger partial charge is 0.369 e. The Morgan fingerprint density at radius 3 is 2.54 bits per heavy atom. The quantitative estimate of drug-likeness (QED) is 0.634. The molecule has 0 saturated carbocycles. The van der Waals surface area contributed by atoms with E-state index in [1.807, 2.05) is 29.2 Å². The van der Waals surface area contributed by atoms with E-state index in [2.05, 4.69) is 18.2 Å². The maximum absolute atomic E-state index is 13.8. The van der Waals surface area contributed by atoms with Crippen LogP contribution < -0.4 is 5.73 Å². The van der Waals surface area contributed by atoms with Crippen LogP contribution in [0.3, 0.4) is 0 Å². The number of amides is 1. The minimum Gasteiger partial charge on any atom is -0.369 e. The van der Waals surface area contributed by atoms with Gasteiger partial charge in [-0.05, 0) is 97.5 Å². The van der Waals surface area contributed by atoms with Crippen LogP contribution in [0.4, 0.5) is 8.78 Å². The van der Waals surface area contributed by atoms with E-state index in [0.29, 0.717) is 24.0 Å². The van der Waals surface area contributed by atoms with E-state index in [9.17, 15) is 13.6 Å². The summed E-state index contributed by atoms with van der Waals surface area (Å²) in [7, 11) is 1.69. The lowest BCUT2D eigenvalue weighted by Crippen LogP contribution is -2.48. The molecule has 5 nitrogen and oxygen atoms in total. The summed E-state index contributed by atoms with van der Waals surface area (Å²) in [5, 5.41) is 0.657. The van der Waals surface area contributed by atoms with Crippen LogP contribution >= 0.6 is 11.6 Å². The van der Waals surface area contributed by atoms with Crippen LogP contribution in [0.25, 0.3) is 11.1 Å². The third-order valence-electron chi connectivity index (χ3n) is 8.02. The molecule has 8 heteroatoms. The molecule has 2 heterocycles. The summed E-state index contributed by atoms with van der Waals surface area (Å²) in [6, 6.07) is 14.0. The highest BCUT2D eigenvalue weighted by molar-refractivity contribution is 6.30. The first-order valence-corrected chi connectivity index (χ1v) is 12.7. The lowest BCUT2D eigenvalue weighted by atomic mass is 9.65. The molecule has 0 bridgehead atoms. The van der Waals surface area contributed by atoms with Gasteiger partial charge in [-0.15, -0.1) is 0 Å². The predicted octanol–water partition coefficient (Wildman–Crippen LogP) is 4.92. The minimum atomic E-state index is -2.30. The summed E-state index contributed by atoms with van der Waals surface area (Å²) in [5.74, 6) is 0.540. The molecule has 5 rings (SSSR count). The summed E-state index contributed by atoms with van der Waals surface area (Å²) in [6.07, 6.45) is 1.96. The van der Waals surface area contributed by atoms with Gasteiger partial charge < -0.3 is 5.73 Å². The SMILES string of the molecule is CN1C(=O)C2(N=C1N)c1cc(-c3cccc(Cl)c3)ccc1CC[C@@H]2CC1CCN(CC(F)F)CC1. The molecule has 1 fully saturated rings. The zero-order chi connectivity index (χ0) is 24.7. The van der Waals surface area contributed by atoms with Gasteiger partial charge >= 0.3 is 0 Å². The number of alkyl halides is 2. The first kappa shape index (κ1) is 24.2. The second-order valence-corrected chi connectivity index (χ2v) is 10.5. The van der Waals surface area contributed by atoms with Gasteiger partial charge in [-0.25, -0.2) is 13.8 Å². The van der Waals surface area contributed by atoms with Crippen LogP contribution in [0.2, 0.25) is 5.02 Å². The fraction of sp³-hybridized carbons (Fsp3) is 0.481. The third-order valence-corrected chi connectivity index (χ3v) is 8.25. The van der Waals surface area contributed by atoms with Gasteiger partial charge in [0.1, 0.15) is 0 Å². The molecule has 35 heavy (non-hydrogen) atoms. The molecule has 1 amide bonds. The summed E-state index contributed by atoms with van der Waals surface area (Å²) in [6.45, 7) is 1.18. The Kier molecular flexibility index (Phi) is 6.57. The molecule has 2 aromatic rings. The number of aryl methyl sites for hydroxylation is 1. The highest BCUT2D eigenvalue weighted by Gasteiger charge is 2.56. The van der Waals surface area contributed by atoms with Crippen molar-refractivity contribution in [2.24, 2.45) is 22.6 Å². The Bertz CT molecular complexity index is 1150. The number of halogens is 3. The molecular weight excluding hydrogens is 470 g/mol. The number of carbonyl (C=O) groups excluding carboxylic acids is 1. The molecule has 3 aliphatic rings. The van der Waals surface area contributed by atoms with Crippen molar-refractivity contribution in [1.82, 2.24) is 9.80 Å². The van der Waals surface area contributed by atoms with Gasteiger partial charge in [0.25, 0.3) is 12.3 Å². The van der Waals surface area contributed by atoms with Gasteiger partial charge in [-0.2, -0.15) is 0 Å². The van der Waals surface area contributed by atoms with E-state index in [0.717, 1.165) is 54.4 Å². The van der Waals surface area contributed by atoms with Crippen molar-refractivity contribution in [3.8, 4) is 11.1 Å². The number of fused-ring (bicyclic) bond motifs is 2. The highest BCUT2D eigenvalue weighted by Crippen LogP contribution is 2.50. The second-order valence-electron chi connectivity index (χ2n) is 10.1. The van der Waals surface area contributed by atoms with E-state index in [1.165, 1.54) is 4.90 Å². The standard InChI is InChI=1S/C27H31ClF2N4O/c1-33-25(35)27(32-26(33)31)21(13-17-9-11-34(12-10-17)16-24(29)30)8-7-18-5-6-20(15-23(18)27)19-3-2-4-22(28)14-19/h2-6,14-15,17,21,24H,7-13,16H2,1H3,(H2,31,32)/t21-,27?/m1/s1. The summed E-state index contributed by atoms with van der Waals surface area (Å²) < 4.78 is 25.6. The second kappa shape index (κ2) is 9.51. The molecule has 0 radical (unpaired) electrons. The number of likely N-dealkylation sites (N-methyl/N-ethyl adjacent to an activating group) is 1. The Morgan fingerprint density at radius 2 is 1.89 bits per heavy atom. The van der Waals surface area contributed by atoms with Gasteiger partial charge in [-0.3, -0.25) is 14.6 Å². The smallest absolute Gasteiger partial charge is 0.261 e. The van der Waals surface area contributed by atoms with Crippen molar-refractivity contribution in [3.63, 3.8) is 0 Å². The molecule has 0 aromatic heterocycles. The molecule has 1 spiro atoms. The van der Waals surface area contributed by atoms with Crippen molar-refractivity contribution < 1.29 is 13.6 Å². The molecule has 2 atom stereocenters. The average Bonchev–Trinajstić information content (AvgIpc) is 3.06. The van der Waals surface area contributed by atoms with Crippen molar-refractivity contribution in [1.29, 1.82) is 0 Å². The molecular formula is C27H31ClF2N4O. The molecule has 1 unspecified atom stereocenters. The van der Waals surface area contributed by atoms with E-state index >= 15 is 0 Å². The number of benzene rings is 2. The molecule has 2 N–H and O–H groups in total. The van der Waals surface area contributed by atoms with E-state index < -0.39 is 12.0 Å². The van der Waals surface area contributed by atoms with Crippen molar-refractivity contribution in [2.45, 2.75) is 44.1 Å². The average molecular weight is 501 g/mol. The van der Waals surface area contributed by atoms with Crippen molar-refractivity contribution in [2.75, 3.05) is 26.7 Å². The van der Waals surface area contributed by atoms with E-state index in [1.54, 1.807) is 7.05 Å². The molecule has 2 aromatic carbocycles. The number of nitrogens with two attached hydrogens (primary N) is 1. The Morgan fingerprint density at radius 1 is 1.14 bits per heavy atom. The Labute approximate surface area is 209 Å². The van der Waals surface area contributed by atoms with Crippen molar-refractivity contribution >= 4 is 23.5 Å². The number of piperidine rings is 1. The fourth-order valence-electron chi connectivity index (χ4n) is 6.15. The van der Waals surface area contributed by atoms with Gasteiger partial charge in [0, 0.05) is 12.1 Å². The topological polar surface area (TPSA) is 61.9 Å². The summed E-state index contributed by atoms with van der Waals surface area (Å²) in [4.78, 5) is 22.0. The van der Waals surface area contributed by atoms with Gasteiger partial charge in [0.2, 0.25) is 0 Å². The van der Waals surface area contributed by atoms with Crippen LogP contribution in [0.15, 0.2) is 47.5 Å². The van der Waals surface area contributed by atoms with Crippen LogP contribution in [0.1, 0.15) is 36.8 Å². The Hall–Kier alpha value is -2.51. The van der Waals surface area contributed by atoms with Crippen LogP contribution in [-0.4, -0.2) is 54.8 Å². The maximum atomic E-state index is 13.8. The lowest BCUT2D eigenvalue weighted by Gasteiger charge is -2.42. The zero-order valence-corrected chi connectivity index (χ0v) is 20.6. The summed E-state index contributed by atoms with van der Waals surface area (Å²) >= 11 is 6.25. The normalized spacial score (nSPS) is 25.4. The molecule has 2 aliphatic heterocycles. The number of hydrogen-bond acceptors (Lipinski definition) is 4.